The van der Waals surface area contributed by atoms with Crippen molar-refractivity contribution < 1.29 is 10.2 Å². The summed E-state index contributed by atoms with van der Waals surface area (Å²) in [5.41, 5.74) is 5.74. The van der Waals surface area contributed by atoms with Crippen molar-refractivity contribution in [2.45, 2.75) is 0 Å². The van der Waals surface area contributed by atoms with Gasteiger partial charge < -0.3 is 10.2 Å². The molecule has 8 aromatic carbocycles. The fourth-order valence-electron chi connectivity index (χ4n) is 7.07. The number of benzene rings is 8. The zero-order chi connectivity index (χ0) is 35.0. The molecule has 6 nitrogen and oxygen atoms in total. The van der Waals surface area contributed by atoms with Crippen molar-refractivity contribution in [3.05, 3.63) is 169 Å². The van der Waals surface area contributed by atoms with E-state index in [4.69, 9.17) is 9.98 Å². The third kappa shape index (κ3) is 5.49. The Bertz CT molecular complexity index is 2680. The van der Waals surface area contributed by atoms with Crippen molar-refractivity contribution in [2.24, 2.45) is 9.98 Å². The van der Waals surface area contributed by atoms with Crippen molar-refractivity contribution in [2.75, 3.05) is 0 Å². The van der Waals surface area contributed by atoms with E-state index in [2.05, 4.69) is 34.5 Å². The first kappa shape index (κ1) is 30.8. The van der Waals surface area contributed by atoms with Crippen molar-refractivity contribution in [1.82, 2.24) is 10.2 Å². The molecule has 9 aromatic rings. The zero-order valence-electron chi connectivity index (χ0n) is 27.8. The van der Waals surface area contributed by atoms with E-state index >= 15 is 0 Å². The molecule has 0 aliphatic heterocycles. The molecule has 1 aromatic heterocycles. The first-order valence-electron chi connectivity index (χ1n) is 17.0. The molecular formula is C46H30N4O2. The van der Waals surface area contributed by atoms with Gasteiger partial charge in [-0.1, -0.05) is 121 Å². The molecule has 0 saturated carbocycles. The van der Waals surface area contributed by atoms with Crippen LogP contribution >= 0.6 is 0 Å². The predicted molar refractivity (Wildman–Crippen MR) is 214 cm³/mol. The molecule has 1 heterocycles. The first-order chi connectivity index (χ1) is 25.6. The topological polar surface area (TPSA) is 91.0 Å². The SMILES string of the molecule is Oc1ccc2ccccc2c1-c1c(N=Cc2ccc(C=Nc3ccc4ccccc4c3-c3c(O)ccc4ccccc34)nn2)ccc2ccccc12. The van der Waals surface area contributed by atoms with Crippen molar-refractivity contribution in [3.63, 3.8) is 0 Å². The van der Waals surface area contributed by atoms with E-state index in [0.29, 0.717) is 22.8 Å². The van der Waals surface area contributed by atoms with Crippen LogP contribution < -0.4 is 0 Å². The van der Waals surface area contributed by atoms with E-state index in [1.807, 2.05) is 121 Å². The summed E-state index contributed by atoms with van der Waals surface area (Å²) in [4.78, 5) is 9.77. The predicted octanol–water partition coefficient (Wildman–Crippen LogP) is 11.3. The summed E-state index contributed by atoms with van der Waals surface area (Å²) in [5.74, 6) is 0.389. The lowest BCUT2D eigenvalue weighted by molar-refractivity contribution is 0.477. The molecule has 0 unspecified atom stereocenters. The number of hydrogen-bond acceptors (Lipinski definition) is 6. The smallest absolute Gasteiger partial charge is 0.124 e. The minimum atomic E-state index is 0.195. The molecule has 9 rings (SSSR count). The molecule has 0 bridgehead atoms. The second-order valence-electron chi connectivity index (χ2n) is 12.6. The van der Waals surface area contributed by atoms with Crippen molar-refractivity contribution in [3.8, 4) is 33.8 Å². The van der Waals surface area contributed by atoms with Crippen LogP contribution in [0.4, 0.5) is 11.4 Å². The molecule has 0 radical (unpaired) electrons. The minimum absolute atomic E-state index is 0.195. The summed E-state index contributed by atoms with van der Waals surface area (Å²) in [5, 5.41) is 39.3. The van der Waals surface area contributed by atoms with Crippen LogP contribution in [0.15, 0.2) is 168 Å². The highest BCUT2D eigenvalue weighted by Crippen LogP contribution is 2.46. The van der Waals surface area contributed by atoms with E-state index in [1.165, 1.54) is 0 Å². The third-order valence-electron chi connectivity index (χ3n) is 9.51. The standard InChI is InChI=1S/C46H30N4O2/c51-41-25-19-31-11-3-7-15-37(31)45(41)43-35-13-5-1-9-29(35)17-23-39(43)47-27-33-21-22-34(50-49-33)28-48-40-24-18-30-10-2-6-14-36(30)44(40)46-38-16-8-4-12-32(38)20-26-42(46)52/h1-28,51-52H. The molecule has 0 atom stereocenters. The summed E-state index contributed by atoms with van der Waals surface area (Å²) in [6, 6.07) is 51.4. The second-order valence-corrected chi connectivity index (χ2v) is 12.6. The Balaban J connectivity index is 1.08. The third-order valence-corrected chi connectivity index (χ3v) is 9.51. The number of nitrogens with zero attached hydrogens (tertiary/aromatic N) is 4. The quantitative estimate of drug-likeness (QED) is 0.172. The van der Waals surface area contributed by atoms with E-state index < -0.39 is 0 Å². The summed E-state index contributed by atoms with van der Waals surface area (Å²) in [6.45, 7) is 0. The molecule has 0 spiro atoms. The van der Waals surface area contributed by atoms with Gasteiger partial charge in [0.25, 0.3) is 0 Å². The molecule has 0 saturated heterocycles. The normalized spacial score (nSPS) is 11.8. The Hall–Kier alpha value is -7.18. The minimum Gasteiger partial charge on any atom is -0.507 e. The van der Waals surface area contributed by atoms with Gasteiger partial charge in [-0.25, -0.2) is 0 Å². The van der Waals surface area contributed by atoms with Crippen LogP contribution in [0.2, 0.25) is 0 Å². The Morgan fingerprint density at radius 1 is 0.346 bits per heavy atom. The first-order valence-corrected chi connectivity index (χ1v) is 17.0. The molecule has 0 amide bonds. The summed E-state index contributed by atoms with van der Waals surface area (Å²) >= 11 is 0. The highest BCUT2D eigenvalue weighted by atomic mass is 16.3. The molecule has 2 N–H and O–H groups in total. The molecule has 0 fully saturated rings. The lowest BCUT2D eigenvalue weighted by Gasteiger charge is -2.15. The zero-order valence-corrected chi connectivity index (χ0v) is 27.8. The van der Waals surface area contributed by atoms with Gasteiger partial charge in [0.1, 0.15) is 22.9 Å². The Labute approximate surface area is 299 Å². The second kappa shape index (κ2) is 12.9. The Morgan fingerprint density at radius 2 is 0.673 bits per heavy atom. The van der Waals surface area contributed by atoms with Crippen LogP contribution in [0.3, 0.4) is 0 Å². The highest BCUT2D eigenvalue weighted by Gasteiger charge is 2.18. The van der Waals surface area contributed by atoms with E-state index in [9.17, 15) is 10.2 Å². The van der Waals surface area contributed by atoms with Crippen molar-refractivity contribution >= 4 is 66.9 Å². The summed E-state index contributed by atoms with van der Waals surface area (Å²) < 4.78 is 0. The van der Waals surface area contributed by atoms with Crippen LogP contribution in [-0.2, 0) is 0 Å². The van der Waals surface area contributed by atoms with Crippen LogP contribution in [-0.4, -0.2) is 32.8 Å². The molecule has 0 aliphatic rings. The van der Waals surface area contributed by atoms with Crippen LogP contribution in [0.5, 0.6) is 11.5 Å². The van der Waals surface area contributed by atoms with Gasteiger partial charge in [0, 0.05) is 22.3 Å². The van der Waals surface area contributed by atoms with Gasteiger partial charge in [0.05, 0.1) is 23.8 Å². The molecule has 6 heteroatoms. The average Bonchev–Trinajstić information content (AvgIpc) is 3.19. The largest absolute Gasteiger partial charge is 0.507 e. The van der Waals surface area contributed by atoms with E-state index in [-0.39, 0.29) is 11.5 Å². The van der Waals surface area contributed by atoms with Crippen LogP contribution in [0.1, 0.15) is 11.4 Å². The van der Waals surface area contributed by atoms with Crippen LogP contribution in [0.25, 0.3) is 65.3 Å². The van der Waals surface area contributed by atoms with E-state index in [1.54, 1.807) is 24.6 Å². The molecule has 0 aliphatic carbocycles. The van der Waals surface area contributed by atoms with Crippen LogP contribution in [0, 0.1) is 0 Å². The van der Waals surface area contributed by atoms with Gasteiger partial charge in [-0.2, -0.15) is 0 Å². The number of fused-ring (bicyclic) bond motifs is 4. The van der Waals surface area contributed by atoms with Gasteiger partial charge in [-0.05, 0) is 79.5 Å². The fourth-order valence-corrected chi connectivity index (χ4v) is 7.07. The maximum absolute atomic E-state index is 11.2. The number of phenolic OH excluding ortho intramolecular Hbond substituents is 2. The lowest BCUT2D eigenvalue weighted by Crippen LogP contribution is -1.96. The Kier molecular flexibility index (Phi) is 7.67. The van der Waals surface area contributed by atoms with Crippen molar-refractivity contribution in [1.29, 1.82) is 0 Å². The lowest BCUT2D eigenvalue weighted by atomic mass is 9.92. The number of aromatic hydroxyl groups is 2. The average molecular weight is 671 g/mol. The molecular weight excluding hydrogens is 641 g/mol. The number of rotatable bonds is 6. The number of phenols is 2. The summed E-state index contributed by atoms with van der Waals surface area (Å²) in [7, 11) is 0. The maximum Gasteiger partial charge on any atom is 0.124 e. The van der Waals surface area contributed by atoms with Gasteiger partial charge in [-0.15, -0.1) is 10.2 Å². The highest BCUT2D eigenvalue weighted by molar-refractivity contribution is 6.13. The number of aromatic nitrogens is 2. The number of aliphatic imine (C=N–C) groups is 2. The monoisotopic (exact) mass is 670 g/mol. The molecule has 52 heavy (non-hydrogen) atoms. The number of hydrogen-bond donors (Lipinski definition) is 2. The summed E-state index contributed by atoms with van der Waals surface area (Å²) in [6.07, 6.45) is 3.38. The van der Waals surface area contributed by atoms with Gasteiger partial charge in [-0.3, -0.25) is 9.98 Å². The Morgan fingerprint density at radius 3 is 1.04 bits per heavy atom. The van der Waals surface area contributed by atoms with E-state index in [0.717, 1.165) is 65.3 Å². The van der Waals surface area contributed by atoms with Gasteiger partial charge in [0.2, 0.25) is 0 Å². The molecule has 246 valence electrons. The fraction of sp³-hybridized carbons (Fsp3) is 0. The maximum atomic E-state index is 11.2. The van der Waals surface area contributed by atoms with Gasteiger partial charge in [0.15, 0.2) is 0 Å². The van der Waals surface area contributed by atoms with Gasteiger partial charge >= 0.3 is 0 Å².